The summed E-state index contributed by atoms with van der Waals surface area (Å²) in [6.45, 7) is 11.0. The Morgan fingerprint density at radius 3 is 2.22 bits per heavy atom. The Bertz CT molecular complexity index is 1140. The zero-order chi connectivity index (χ0) is 26.4. The molecule has 1 saturated heterocycles. The Hall–Kier alpha value is -3.52. The molecule has 0 radical (unpaired) electrons. The van der Waals surface area contributed by atoms with Crippen molar-refractivity contribution in [2.45, 2.75) is 33.7 Å². The number of ketones is 1. The number of methoxy groups -OCH3 is 2. The van der Waals surface area contributed by atoms with Crippen LogP contribution in [0.1, 0.15) is 43.5 Å². The van der Waals surface area contributed by atoms with Crippen LogP contribution < -0.4 is 14.2 Å². The van der Waals surface area contributed by atoms with E-state index in [0.717, 1.165) is 18.7 Å². The number of benzene rings is 2. The second-order valence-corrected chi connectivity index (χ2v) is 8.55. The van der Waals surface area contributed by atoms with Crippen molar-refractivity contribution in [3.8, 4) is 17.2 Å². The smallest absolute Gasteiger partial charge is 0.295 e. The minimum Gasteiger partial charge on any atom is -0.507 e. The van der Waals surface area contributed by atoms with Gasteiger partial charge in [-0.25, -0.2) is 0 Å². The Balaban J connectivity index is 2.15. The van der Waals surface area contributed by atoms with Crippen molar-refractivity contribution >= 4 is 17.4 Å². The molecule has 194 valence electrons. The summed E-state index contributed by atoms with van der Waals surface area (Å²) in [5.41, 5.74) is 1.97. The number of aryl methyl sites for hydroxylation is 1. The average molecular weight is 497 g/mol. The van der Waals surface area contributed by atoms with Gasteiger partial charge in [0, 0.05) is 18.7 Å². The van der Waals surface area contributed by atoms with Crippen LogP contribution in [0.4, 0.5) is 0 Å². The molecule has 0 saturated carbocycles. The number of Topliss-reactive ketones (excluding diaryl/α,β-unsaturated/α-hetero) is 1. The van der Waals surface area contributed by atoms with Crippen molar-refractivity contribution in [3.05, 3.63) is 58.7 Å². The third-order valence-corrected chi connectivity index (χ3v) is 6.56. The second kappa shape index (κ2) is 11.9. The van der Waals surface area contributed by atoms with Crippen LogP contribution >= 0.6 is 0 Å². The molecule has 1 atom stereocenters. The first-order valence-corrected chi connectivity index (χ1v) is 12.3. The predicted octanol–water partition coefficient (Wildman–Crippen LogP) is 4.17. The molecule has 1 aliphatic heterocycles. The molecule has 8 heteroatoms. The lowest BCUT2D eigenvalue weighted by Gasteiger charge is -2.28. The normalized spacial score (nSPS) is 17.1. The van der Waals surface area contributed by atoms with E-state index in [4.69, 9.17) is 14.2 Å². The van der Waals surface area contributed by atoms with E-state index in [9.17, 15) is 14.7 Å². The first-order chi connectivity index (χ1) is 17.3. The third-order valence-electron chi connectivity index (χ3n) is 6.56. The van der Waals surface area contributed by atoms with Gasteiger partial charge in [-0.1, -0.05) is 19.9 Å². The third kappa shape index (κ3) is 5.33. The summed E-state index contributed by atoms with van der Waals surface area (Å²) < 4.78 is 16.5. The molecule has 1 fully saturated rings. The Labute approximate surface area is 213 Å². The van der Waals surface area contributed by atoms with Gasteiger partial charge in [-0.2, -0.15) is 0 Å². The average Bonchev–Trinajstić information content (AvgIpc) is 3.14. The Kier molecular flexibility index (Phi) is 8.98. The van der Waals surface area contributed by atoms with Crippen LogP contribution in [-0.2, 0) is 9.59 Å². The lowest BCUT2D eigenvalue weighted by atomic mass is 9.94. The van der Waals surface area contributed by atoms with Gasteiger partial charge in [0.15, 0.2) is 11.5 Å². The highest BCUT2D eigenvalue weighted by molar-refractivity contribution is 6.46. The van der Waals surface area contributed by atoms with E-state index < -0.39 is 17.7 Å². The molecule has 0 aromatic heterocycles. The maximum atomic E-state index is 13.3. The Morgan fingerprint density at radius 1 is 0.972 bits per heavy atom. The number of rotatable bonds is 11. The molecule has 3 rings (SSSR count). The largest absolute Gasteiger partial charge is 0.507 e. The fourth-order valence-corrected chi connectivity index (χ4v) is 4.54. The Morgan fingerprint density at radius 2 is 1.64 bits per heavy atom. The molecule has 0 aliphatic carbocycles. The first kappa shape index (κ1) is 27.1. The number of aliphatic hydroxyl groups is 1. The minimum absolute atomic E-state index is 0.0512. The SMILES string of the molecule is CCOc1ccc(C(O)=C2C(=O)C(=O)N(CCN(CC)CC)[C@@H]2c2ccc(OC)c(OC)c2)cc1C. The molecule has 0 spiro atoms. The fourth-order valence-electron chi connectivity index (χ4n) is 4.54. The van der Waals surface area contributed by atoms with Crippen LogP contribution in [0.15, 0.2) is 42.0 Å². The van der Waals surface area contributed by atoms with Gasteiger partial charge in [0.05, 0.1) is 32.4 Å². The van der Waals surface area contributed by atoms with Gasteiger partial charge in [0.1, 0.15) is 11.5 Å². The highest BCUT2D eigenvalue weighted by Gasteiger charge is 2.46. The van der Waals surface area contributed by atoms with Crippen molar-refractivity contribution in [1.29, 1.82) is 0 Å². The number of aliphatic hydroxyl groups excluding tert-OH is 1. The van der Waals surface area contributed by atoms with Gasteiger partial charge in [0.2, 0.25) is 0 Å². The quantitative estimate of drug-likeness (QED) is 0.284. The summed E-state index contributed by atoms with van der Waals surface area (Å²) in [7, 11) is 3.07. The van der Waals surface area contributed by atoms with E-state index in [2.05, 4.69) is 18.7 Å². The highest BCUT2D eigenvalue weighted by atomic mass is 16.5. The van der Waals surface area contributed by atoms with Crippen molar-refractivity contribution in [2.75, 3.05) is 47.0 Å². The summed E-state index contributed by atoms with van der Waals surface area (Å²) in [4.78, 5) is 30.3. The number of likely N-dealkylation sites (N-methyl/N-ethyl adjacent to an activating group) is 1. The van der Waals surface area contributed by atoms with Crippen molar-refractivity contribution in [1.82, 2.24) is 9.80 Å². The summed E-state index contributed by atoms with van der Waals surface area (Å²) in [6.07, 6.45) is 0. The van der Waals surface area contributed by atoms with Crippen molar-refractivity contribution in [2.24, 2.45) is 0 Å². The fraction of sp³-hybridized carbons (Fsp3) is 0.429. The van der Waals surface area contributed by atoms with E-state index in [0.29, 0.717) is 48.1 Å². The zero-order valence-electron chi connectivity index (χ0n) is 22.0. The standard InChI is InChI=1S/C28H36N2O6/c1-7-29(8-2)14-15-30-25(19-10-13-22(34-5)23(17-19)35-6)24(27(32)28(30)33)26(31)20-11-12-21(36-9-3)18(4)16-20/h10-13,16-17,25,31H,7-9,14-15H2,1-6H3/t25-/m1/s1. The summed E-state index contributed by atoms with van der Waals surface area (Å²) in [5.74, 6) is 0.143. The number of nitrogens with zero attached hydrogens (tertiary/aromatic N) is 2. The predicted molar refractivity (Wildman–Crippen MR) is 139 cm³/mol. The first-order valence-electron chi connectivity index (χ1n) is 12.3. The van der Waals surface area contributed by atoms with Gasteiger partial charge in [-0.05, 0) is 68.4 Å². The molecule has 8 nitrogen and oxygen atoms in total. The molecule has 1 amide bonds. The van der Waals surface area contributed by atoms with E-state index in [-0.39, 0.29) is 11.3 Å². The molecule has 2 aromatic rings. The van der Waals surface area contributed by atoms with E-state index in [1.165, 1.54) is 12.0 Å². The number of likely N-dealkylation sites (tertiary alicyclic amines) is 1. The van der Waals surface area contributed by atoms with Gasteiger partial charge < -0.3 is 29.1 Å². The highest BCUT2D eigenvalue weighted by Crippen LogP contribution is 2.42. The summed E-state index contributed by atoms with van der Waals surface area (Å²) >= 11 is 0. The number of ether oxygens (including phenoxy) is 3. The number of carbonyl (C=O) groups excluding carboxylic acids is 2. The monoisotopic (exact) mass is 496 g/mol. The lowest BCUT2D eigenvalue weighted by Crippen LogP contribution is -2.38. The second-order valence-electron chi connectivity index (χ2n) is 8.55. The summed E-state index contributed by atoms with van der Waals surface area (Å²) in [6, 6.07) is 9.72. The van der Waals surface area contributed by atoms with Crippen molar-refractivity contribution in [3.63, 3.8) is 0 Å². The van der Waals surface area contributed by atoms with Gasteiger partial charge in [0.25, 0.3) is 11.7 Å². The summed E-state index contributed by atoms with van der Waals surface area (Å²) in [5, 5.41) is 11.4. The van der Waals surface area contributed by atoms with Crippen LogP contribution in [0.3, 0.4) is 0 Å². The molecule has 36 heavy (non-hydrogen) atoms. The zero-order valence-corrected chi connectivity index (χ0v) is 22.0. The molecule has 2 aromatic carbocycles. The van der Waals surface area contributed by atoms with Crippen molar-refractivity contribution < 1.29 is 28.9 Å². The number of hydrogen-bond donors (Lipinski definition) is 1. The molecule has 1 heterocycles. The minimum atomic E-state index is -0.771. The molecule has 1 N–H and O–H groups in total. The lowest BCUT2D eigenvalue weighted by molar-refractivity contribution is -0.140. The van der Waals surface area contributed by atoms with E-state index in [1.807, 2.05) is 13.8 Å². The maximum Gasteiger partial charge on any atom is 0.295 e. The number of carbonyl (C=O) groups is 2. The van der Waals surface area contributed by atoms with Crippen LogP contribution in [0, 0.1) is 6.92 Å². The van der Waals surface area contributed by atoms with Crippen LogP contribution in [-0.4, -0.2) is 73.6 Å². The van der Waals surface area contributed by atoms with Gasteiger partial charge in [-0.3, -0.25) is 9.59 Å². The van der Waals surface area contributed by atoms with E-state index >= 15 is 0 Å². The number of amides is 1. The molecule has 0 bridgehead atoms. The van der Waals surface area contributed by atoms with Crippen LogP contribution in [0.2, 0.25) is 0 Å². The topological polar surface area (TPSA) is 88.5 Å². The van der Waals surface area contributed by atoms with Crippen LogP contribution in [0.25, 0.3) is 5.76 Å². The number of hydrogen-bond acceptors (Lipinski definition) is 7. The molecule has 1 aliphatic rings. The maximum absolute atomic E-state index is 13.3. The van der Waals surface area contributed by atoms with E-state index in [1.54, 1.807) is 43.5 Å². The van der Waals surface area contributed by atoms with Crippen LogP contribution in [0.5, 0.6) is 17.2 Å². The molecule has 0 unspecified atom stereocenters. The molecular weight excluding hydrogens is 460 g/mol. The van der Waals surface area contributed by atoms with Gasteiger partial charge >= 0.3 is 0 Å². The van der Waals surface area contributed by atoms with Gasteiger partial charge in [-0.15, -0.1) is 0 Å². The molecular formula is C28H36N2O6.